The van der Waals surface area contributed by atoms with Crippen LogP contribution in [0.4, 0.5) is 11.4 Å². The summed E-state index contributed by atoms with van der Waals surface area (Å²) in [5.41, 5.74) is 2.09. The average molecular weight is 324 g/mol. The summed E-state index contributed by atoms with van der Waals surface area (Å²) in [6.07, 6.45) is 2.03. The van der Waals surface area contributed by atoms with Gasteiger partial charge in [-0.25, -0.2) is 0 Å². The fourth-order valence-corrected chi connectivity index (χ4v) is 2.37. The molecule has 0 bridgehead atoms. The second-order valence-corrected chi connectivity index (χ2v) is 4.91. The van der Waals surface area contributed by atoms with Crippen LogP contribution in [0.25, 0.3) is 0 Å². The van der Waals surface area contributed by atoms with Crippen LogP contribution in [0.15, 0.2) is 41.0 Å². The molecule has 0 radical (unpaired) electrons. The molecule has 0 saturated carbocycles. The van der Waals surface area contributed by atoms with Crippen molar-refractivity contribution in [3.05, 3.63) is 56.8 Å². The number of aryl methyl sites for hydroxylation is 1. The number of non-ortho nitro benzene ring substituents is 1. The number of aromatic nitrogens is 1. The van der Waals surface area contributed by atoms with E-state index in [0.717, 1.165) is 12.2 Å². The molecular weight excluding hydrogens is 310 g/mol. The Morgan fingerprint density at radius 2 is 2.21 bits per heavy atom. The van der Waals surface area contributed by atoms with Crippen molar-refractivity contribution in [2.45, 2.75) is 20.0 Å². The molecule has 19 heavy (non-hydrogen) atoms. The quantitative estimate of drug-likeness (QED) is 0.672. The van der Waals surface area contributed by atoms with E-state index in [1.54, 1.807) is 6.07 Å². The van der Waals surface area contributed by atoms with E-state index in [0.29, 0.717) is 11.0 Å². The van der Waals surface area contributed by atoms with Gasteiger partial charge in [-0.15, -0.1) is 0 Å². The zero-order chi connectivity index (χ0) is 13.8. The summed E-state index contributed by atoms with van der Waals surface area (Å²) in [5, 5.41) is 13.9. The SMILES string of the molecule is CCn1cccc1CNc1ccc([N+](=O)[O-])cc1Br. The summed E-state index contributed by atoms with van der Waals surface area (Å²) in [6, 6.07) is 8.76. The maximum absolute atomic E-state index is 10.7. The second-order valence-electron chi connectivity index (χ2n) is 4.06. The number of hydrogen-bond acceptors (Lipinski definition) is 3. The normalized spacial score (nSPS) is 10.4. The van der Waals surface area contributed by atoms with Gasteiger partial charge in [-0.05, 0) is 41.1 Å². The van der Waals surface area contributed by atoms with E-state index >= 15 is 0 Å². The Morgan fingerprint density at radius 3 is 2.84 bits per heavy atom. The molecule has 0 spiro atoms. The first kappa shape index (κ1) is 13.6. The van der Waals surface area contributed by atoms with E-state index in [2.05, 4.69) is 38.8 Å². The second kappa shape index (κ2) is 5.88. The summed E-state index contributed by atoms with van der Waals surface area (Å²) >= 11 is 3.34. The third-order valence-electron chi connectivity index (χ3n) is 2.89. The van der Waals surface area contributed by atoms with E-state index in [4.69, 9.17) is 0 Å². The average Bonchev–Trinajstić information content (AvgIpc) is 2.84. The first-order valence-corrected chi connectivity index (χ1v) is 6.73. The molecule has 0 saturated heterocycles. The lowest BCUT2D eigenvalue weighted by molar-refractivity contribution is -0.384. The number of nitro benzene ring substituents is 1. The van der Waals surface area contributed by atoms with Crippen LogP contribution in [0.2, 0.25) is 0 Å². The minimum absolute atomic E-state index is 0.0781. The number of halogens is 1. The molecule has 0 aliphatic carbocycles. The van der Waals surface area contributed by atoms with Crippen molar-refractivity contribution < 1.29 is 4.92 Å². The molecule has 2 rings (SSSR count). The monoisotopic (exact) mass is 323 g/mol. The van der Waals surface area contributed by atoms with Crippen LogP contribution < -0.4 is 5.32 Å². The van der Waals surface area contributed by atoms with E-state index in [1.165, 1.54) is 17.8 Å². The maximum Gasteiger partial charge on any atom is 0.270 e. The number of anilines is 1. The standard InChI is InChI=1S/C13H14BrN3O2/c1-2-16-7-3-4-11(16)9-15-13-6-5-10(17(18)19)8-12(13)14/h3-8,15H,2,9H2,1H3. The highest BCUT2D eigenvalue weighted by molar-refractivity contribution is 9.10. The Morgan fingerprint density at radius 1 is 1.42 bits per heavy atom. The van der Waals surface area contributed by atoms with Gasteiger partial charge in [0.05, 0.1) is 11.5 Å². The lowest BCUT2D eigenvalue weighted by Gasteiger charge is -2.10. The van der Waals surface area contributed by atoms with Gasteiger partial charge in [0.25, 0.3) is 5.69 Å². The van der Waals surface area contributed by atoms with Gasteiger partial charge >= 0.3 is 0 Å². The van der Waals surface area contributed by atoms with Crippen LogP contribution in [0.1, 0.15) is 12.6 Å². The molecule has 0 amide bonds. The topological polar surface area (TPSA) is 60.1 Å². The highest BCUT2D eigenvalue weighted by Crippen LogP contribution is 2.27. The minimum atomic E-state index is -0.406. The van der Waals surface area contributed by atoms with Crippen LogP contribution >= 0.6 is 15.9 Å². The molecule has 1 heterocycles. The highest BCUT2D eigenvalue weighted by Gasteiger charge is 2.09. The van der Waals surface area contributed by atoms with Crippen molar-refractivity contribution in [3.63, 3.8) is 0 Å². The first-order valence-electron chi connectivity index (χ1n) is 5.93. The molecular formula is C13H14BrN3O2. The summed E-state index contributed by atoms with van der Waals surface area (Å²) < 4.78 is 2.84. The molecule has 0 aliphatic heterocycles. The van der Waals surface area contributed by atoms with Crippen molar-refractivity contribution in [2.75, 3.05) is 5.32 Å². The third-order valence-corrected chi connectivity index (χ3v) is 3.54. The van der Waals surface area contributed by atoms with Gasteiger partial charge in [0, 0.05) is 40.7 Å². The van der Waals surface area contributed by atoms with Gasteiger partial charge in [-0.1, -0.05) is 0 Å². The fraction of sp³-hybridized carbons (Fsp3) is 0.231. The van der Waals surface area contributed by atoms with E-state index < -0.39 is 4.92 Å². The largest absolute Gasteiger partial charge is 0.379 e. The summed E-state index contributed by atoms with van der Waals surface area (Å²) in [4.78, 5) is 10.2. The van der Waals surface area contributed by atoms with Crippen molar-refractivity contribution in [1.29, 1.82) is 0 Å². The lowest BCUT2D eigenvalue weighted by atomic mass is 10.3. The Bertz CT molecular complexity index is 595. The molecule has 100 valence electrons. The van der Waals surface area contributed by atoms with Crippen LogP contribution in [-0.4, -0.2) is 9.49 Å². The summed E-state index contributed by atoms with van der Waals surface area (Å²) in [6.45, 7) is 3.69. The molecule has 1 N–H and O–H groups in total. The van der Waals surface area contributed by atoms with Crippen LogP contribution in [0.5, 0.6) is 0 Å². The van der Waals surface area contributed by atoms with Crippen molar-refractivity contribution in [3.8, 4) is 0 Å². The zero-order valence-corrected chi connectivity index (χ0v) is 12.1. The van der Waals surface area contributed by atoms with Gasteiger partial charge in [0.1, 0.15) is 0 Å². The number of rotatable bonds is 5. The summed E-state index contributed by atoms with van der Waals surface area (Å²) in [7, 11) is 0. The molecule has 6 heteroatoms. The fourth-order valence-electron chi connectivity index (χ4n) is 1.87. The Labute approximate surface area is 119 Å². The van der Waals surface area contributed by atoms with Crippen molar-refractivity contribution in [2.24, 2.45) is 0 Å². The lowest BCUT2D eigenvalue weighted by Crippen LogP contribution is -2.06. The van der Waals surface area contributed by atoms with E-state index in [-0.39, 0.29) is 5.69 Å². The van der Waals surface area contributed by atoms with Crippen LogP contribution in [0.3, 0.4) is 0 Å². The number of hydrogen-bond donors (Lipinski definition) is 1. The predicted octanol–water partition coefficient (Wildman–Crippen LogP) is 3.79. The molecule has 0 unspecified atom stereocenters. The molecule has 1 aromatic carbocycles. The molecule has 0 aliphatic rings. The summed E-state index contributed by atoms with van der Waals surface area (Å²) in [5.74, 6) is 0. The number of nitrogens with zero attached hydrogens (tertiary/aromatic N) is 2. The number of nitro groups is 1. The highest BCUT2D eigenvalue weighted by atomic mass is 79.9. The van der Waals surface area contributed by atoms with Crippen molar-refractivity contribution >= 4 is 27.3 Å². The van der Waals surface area contributed by atoms with Gasteiger partial charge in [0.2, 0.25) is 0 Å². The van der Waals surface area contributed by atoms with Crippen LogP contribution in [-0.2, 0) is 13.1 Å². The Balaban J connectivity index is 2.10. The maximum atomic E-state index is 10.7. The smallest absolute Gasteiger partial charge is 0.270 e. The first-order chi connectivity index (χ1) is 9.11. The minimum Gasteiger partial charge on any atom is -0.379 e. The van der Waals surface area contributed by atoms with Gasteiger partial charge in [-0.3, -0.25) is 10.1 Å². The molecule has 0 fully saturated rings. The van der Waals surface area contributed by atoms with Gasteiger partial charge < -0.3 is 9.88 Å². The van der Waals surface area contributed by atoms with Crippen molar-refractivity contribution in [1.82, 2.24) is 4.57 Å². The molecule has 5 nitrogen and oxygen atoms in total. The van der Waals surface area contributed by atoms with E-state index in [9.17, 15) is 10.1 Å². The van der Waals surface area contributed by atoms with E-state index in [1.807, 2.05) is 12.3 Å². The third kappa shape index (κ3) is 3.14. The van der Waals surface area contributed by atoms with Gasteiger partial charge in [-0.2, -0.15) is 0 Å². The van der Waals surface area contributed by atoms with Gasteiger partial charge in [0.15, 0.2) is 0 Å². The number of benzene rings is 1. The zero-order valence-electron chi connectivity index (χ0n) is 10.5. The Kier molecular flexibility index (Phi) is 4.21. The number of nitrogens with one attached hydrogen (secondary N) is 1. The predicted molar refractivity (Wildman–Crippen MR) is 78.2 cm³/mol. The van der Waals surface area contributed by atoms with Crippen LogP contribution in [0, 0.1) is 10.1 Å². The molecule has 1 aromatic heterocycles. The molecule has 0 atom stereocenters. The Hall–Kier alpha value is -1.82. The molecule has 2 aromatic rings.